The zero-order valence-corrected chi connectivity index (χ0v) is 19.0. The number of aliphatic hydroxyl groups is 1. The Morgan fingerprint density at radius 3 is 2.89 bits per heavy atom. The number of ether oxygens (including phenoxy) is 4. The van der Waals surface area contributed by atoms with Crippen molar-refractivity contribution >= 4 is 22.5 Å². The molecule has 0 aliphatic carbocycles. The smallest absolute Gasteiger partial charge is 0.262 e. The van der Waals surface area contributed by atoms with E-state index < -0.39 is 18.2 Å². The lowest BCUT2D eigenvalue weighted by Gasteiger charge is -2.32. The molecule has 0 radical (unpaired) electrons. The quantitative estimate of drug-likeness (QED) is 0.458. The molecule has 2 aliphatic heterocycles. The fraction of sp³-hybridized carbons (Fsp3) is 0.375. The van der Waals surface area contributed by atoms with E-state index in [1.165, 1.54) is 7.11 Å². The van der Waals surface area contributed by atoms with Gasteiger partial charge < -0.3 is 34.7 Å². The number of carbonyl (C=O) groups is 1. The van der Waals surface area contributed by atoms with Crippen LogP contribution in [0.3, 0.4) is 0 Å². The first-order chi connectivity index (χ1) is 17.0. The number of nitrogens with one attached hydrogen (secondary N) is 2. The molecule has 35 heavy (non-hydrogen) atoms. The van der Waals surface area contributed by atoms with Crippen LogP contribution in [-0.4, -0.2) is 66.3 Å². The zero-order chi connectivity index (χ0) is 24.4. The molecule has 184 valence electrons. The van der Waals surface area contributed by atoms with Crippen LogP contribution in [0.25, 0.3) is 10.9 Å². The number of aliphatic hydroxyl groups excluding tert-OH is 1. The molecule has 0 bridgehead atoms. The Balaban J connectivity index is 1.16. The van der Waals surface area contributed by atoms with Crippen LogP contribution in [0.2, 0.25) is 0 Å². The lowest BCUT2D eigenvalue weighted by molar-refractivity contribution is -0.230. The van der Waals surface area contributed by atoms with E-state index in [9.17, 15) is 14.3 Å². The summed E-state index contributed by atoms with van der Waals surface area (Å²) < 4.78 is 36.5. The molecule has 1 fully saturated rings. The monoisotopic (exact) mass is 484 g/mol. The van der Waals surface area contributed by atoms with Crippen molar-refractivity contribution in [1.82, 2.24) is 15.3 Å². The fourth-order valence-electron chi connectivity index (χ4n) is 4.08. The first-order valence-electron chi connectivity index (χ1n) is 11.2. The maximum Gasteiger partial charge on any atom is 0.262 e. The van der Waals surface area contributed by atoms with Crippen LogP contribution in [0.5, 0.6) is 11.6 Å². The largest absolute Gasteiger partial charge is 0.497 e. The van der Waals surface area contributed by atoms with E-state index in [2.05, 4.69) is 20.6 Å². The van der Waals surface area contributed by atoms with E-state index in [0.717, 1.165) is 11.8 Å². The Bertz CT molecular complexity index is 1230. The maximum atomic E-state index is 14.6. The number of halogens is 1. The van der Waals surface area contributed by atoms with Crippen molar-refractivity contribution in [3.63, 3.8) is 0 Å². The number of rotatable bonds is 7. The van der Waals surface area contributed by atoms with Crippen LogP contribution in [0, 0.1) is 5.82 Å². The fourth-order valence-corrected chi connectivity index (χ4v) is 4.08. The van der Waals surface area contributed by atoms with Gasteiger partial charge in [0.2, 0.25) is 5.88 Å². The predicted molar refractivity (Wildman–Crippen MR) is 123 cm³/mol. The number of fused-ring (bicyclic) bond motifs is 2. The molecule has 3 aromatic rings. The first kappa shape index (κ1) is 23.4. The van der Waals surface area contributed by atoms with Gasteiger partial charge in [0.1, 0.15) is 23.4 Å². The second-order valence-electron chi connectivity index (χ2n) is 8.39. The average molecular weight is 484 g/mol. The van der Waals surface area contributed by atoms with Gasteiger partial charge >= 0.3 is 0 Å². The highest BCUT2D eigenvalue weighted by molar-refractivity contribution is 5.94. The number of hydrogen-bond donors (Lipinski definition) is 3. The molecule has 1 aromatic carbocycles. The average Bonchev–Trinajstić information content (AvgIpc) is 2.88. The molecule has 5 rings (SSSR count). The molecule has 1 saturated heterocycles. The van der Waals surface area contributed by atoms with Crippen molar-refractivity contribution in [3.8, 4) is 11.6 Å². The molecule has 1 atom stereocenters. The molecular formula is C24H25FN4O6. The predicted octanol–water partition coefficient (Wildman–Crippen LogP) is 1.54. The molecule has 3 N–H and O–H groups in total. The highest BCUT2D eigenvalue weighted by Gasteiger charge is 2.29. The van der Waals surface area contributed by atoms with E-state index in [-0.39, 0.29) is 25.0 Å². The van der Waals surface area contributed by atoms with Gasteiger partial charge in [-0.05, 0) is 29.8 Å². The van der Waals surface area contributed by atoms with Crippen LogP contribution in [0.1, 0.15) is 11.1 Å². The van der Waals surface area contributed by atoms with Crippen molar-refractivity contribution < 1.29 is 33.2 Å². The third-order valence-corrected chi connectivity index (χ3v) is 5.90. The van der Waals surface area contributed by atoms with Gasteiger partial charge in [-0.15, -0.1) is 0 Å². The number of benzene rings is 1. The second-order valence-corrected chi connectivity index (χ2v) is 8.39. The summed E-state index contributed by atoms with van der Waals surface area (Å²) >= 11 is 0. The molecule has 0 saturated carbocycles. The number of hydrogen-bond acceptors (Lipinski definition) is 9. The van der Waals surface area contributed by atoms with Crippen LogP contribution in [0.15, 0.2) is 36.7 Å². The van der Waals surface area contributed by atoms with Gasteiger partial charge in [0.25, 0.3) is 5.91 Å². The number of aromatic nitrogens is 2. The van der Waals surface area contributed by atoms with Gasteiger partial charge in [-0.2, -0.15) is 0 Å². The third kappa shape index (κ3) is 5.17. The van der Waals surface area contributed by atoms with Gasteiger partial charge in [0.15, 0.2) is 12.9 Å². The Kier molecular flexibility index (Phi) is 6.73. The standard InChI is InChI=1S/C24H25FN4O6/c1-32-15-2-3-19-17(5-15)16(18(25)9-27-19)6-21(30)24-34-10-14(11-35-24)26-7-13-4-20-23(28-8-13)33-12-22(31)29-20/h2-5,8-9,14,21,24,26,30H,6-7,10-12H2,1H3,(H,29,31)/t14?,21-,24?/m0/s1. The molecule has 1 amide bonds. The van der Waals surface area contributed by atoms with Crippen molar-refractivity contribution in [2.45, 2.75) is 31.4 Å². The lowest BCUT2D eigenvalue weighted by atomic mass is 10.0. The van der Waals surface area contributed by atoms with Crippen molar-refractivity contribution in [2.24, 2.45) is 0 Å². The summed E-state index contributed by atoms with van der Waals surface area (Å²) in [6, 6.07) is 6.86. The summed E-state index contributed by atoms with van der Waals surface area (Å²) in [5.74, 6) is 0.234. The van der Waals surface area contributed by atoms with Crippen LogP contribution < -0.4 is 20.1 Å². The molecule has 0 spiro atoms. The molecular weight excluding hydrogens is 459 g/mol. The van der Waals surface area contributed by atoms with E-state index in [1.807, 2.05) is 0 Å². The number of anilines is 1. The Morgan fingerprint density at radius 2 is 2.09 bits per heavy atom. The van der Waals surface area contributed by atoms with Crippen molar-refractivity contribution in [2.75, 3.05) is 32.2 Å². The topological polar surface area (TPSA) is 124 Å². The highest BCUT2D eigenvalue weighted by Crippen LogP contribution is 2.27. The molecule has 2 aromatic heterocycles. The van der Waals surface area contributed by atoms with E-state index in [1.54, 1.807) is 30.5 Å². The number of nitrogens with zero attached hydrogens (tertiary/aromatic N) is 2. The zero-order valence-electron chi connectivity index (χ0n) is 19.0. The third-order valence-electron chi connectivity index (χ3n) is 5.90. The summed E-state index contributed by atoms with van der Waals surface area (Å²) in [6.07, 6.45) is 0.847. The molecule has 2 aliphatic rings. The van der Waals surface area contributed by atoms with Crippen LogP contribution in [-0.2, 0) is 27.2 Å². The van der Waals surface area contributed by atoms with E-state index in [0.29, 0.717) is 53.5 Å². The summed E-state index contributed by atoms with van der Waals surface area (Å²) in [5, 5.41) is 17.3. The first-order valence-corrected chi connectivity index (χ1v) is 11.2. The number of amides is 1. The Labute approximate surface area is 200 Å². The minimum atomic E-state index is -1.07. The minimum Gasteiger partial charge on any atom is -0.497 e. The van der Waals surface area contributed by atoms with Gasteiger partial charge in [0, 0.05) is 30.1 Å². The maximum absolute atomic E-state index is 14.6. The van der Waals surface area contributed by atoms with Gasteiger partial charge in [-0.25, -0.2) is 9.37 Å². The minimum absolute atomic E-state index is 0.00459. The molecule has 4 heterocycles. The number of methoxy groups -OCH3 is 1. The number of carbonyl (C=O) groups excluding carboxylic acids is 1. The lowest BCUT2D eigenvalue weighted by Crippen LogP contribution is -2.48. The molecule has 0 unspecified atom stereocenters. The number of pyridine rings is 2. The molecule has 10 nitrogen and oxygen atoms in total. The second kappa shape index (κ2) is 10.1. The summed E-state index contributed by atoms with van der Waals surface area (Å²) in [6.45, 7) is 1.02. The van der Waals surface area contributed by atoms with E-state index >= 15 is 0 Å². The Morgan fingerprint density at radius 1 is 1.26 bits per heavy atom. The van der Waals surface area contributed by atoms with Crippen molar-refractivity contribution in [3.05, 3.63) is 53.6 Å². The Hall–Kier alpha value is -3.38. The highest BCUT2D eigenvalue weighted by atomic mass is 19.1. The summed E-state index contributed by atoms with van der Waals surface area (Å²) in [7, 11) is 1.53. The van der Waals surface area contributed by atoms with Gasteiger partial charge in [-0.1, -0.05) is 0 Å². The van der Waals surface area contributed by atoms with E-state index in [4.69, 9.17) is 18.9 Å². The summed E-state index contributed by atoms with van der Waals surface area (Å²) in [5.41, 5.74) is 2.32. The van der Waals surface area contributed by atoms with Crippen molar-refractivity contribution in [1.29, 1.82) is 0 Å². The van der Waals surface area contributed by atoms with Crippen LogP contribution in [0.4, 0.5) is 10.1 Å². The normalized spacial score (nSPS) is 20.6. The van der Waals surface area contributed by atoms with Gasteiger partial charge in [0.05, 0.1) is 38.1 Å². The SMILES string of the molecule is COc1ccc2ncc(F)c(C[C@H](O)C3OCC(NCc4cnc5c(c4)NC(=O)CO5)CO3)c2c1. The van der Waals surface area contributed by atoms with Crippen LogP contribution >= 0.6 is 0 Å². The van der Waals surface area contributed by atoms with Gasteiger partial charge in [-0.3, -0.25) is 9.78 Å². The molecule has 11 heteroatoms. The summed E-state index contributed by atoms with van der Waals surface area (Å²) in [4.78, 5) is 19.8.